The largest absolute Gasteiger partial charge is 0.368 e. The van der Waals surface area contributed by atoms with Crippen molar-refractivity contribution in [2.75, 3.05) is 5.75 Å². The lowest BCUT2D eigenvalue weighted by Gasteiger charge is -2.15. The minimum atomic E-state index is -1.30. The normalized spacial score (nSPS) is 13.0. The molecule has 0 unspecified atom stereocenters. The van der Waals surface area contributed by atoms with Crippen molar-refractivity contribution in [2.24, 2.45) is 5.73 Å². The summed E-state index contributed by atoms with van der Waals surface area (Å²) in [5.41, 5.74) is 5.38. The quantitative estimate of drug-likeness (QED) is 0.796. The first-order chi connectivity index (χ1) is 11.5. The lowest BCUT2D eigenvalue weighted by atomic mass is 10.1. The van der Waals surface area contributed by atoms with Gasteiger partial charge in [-0.25, -0.2) is 4.39 Å². The SMILES string of the molecule is NC(=O)[C@H](CC[S@@](=O)c1ccccc1)NC(=O)c1cccc(F)c1. The molecule has 0 aliphatic carbocycles. The van der Waals surface area contributed by atoms with Crippen LogP contribution in [-0.4, -0.2) is 27.8 Å². The number of carbonyl (C=O) groups is 2. The summed E-state index contributed by atoms with van der Waals surface area (Å²) in [5, 5.41) is 2.45. The first-order valence-corrected chi connectivity index (χ1v) is 8.58. The average Bonchev–Trinajstić information content (AvgIpc) is 2.58. The van der Waals surface area contributed by atoms with Crippen LogP contribution in [0.25, 0.3) is 0 Å². The zero-order valence-electron chi connectivity index (χ0n) is 12.8. The molecule has 0 heterocycles. The molecule has 0 radical (unpaired) electrons. The van der Waals surface area contributed by atoms with Gasteiger partial charge in [0, 0.05) is 16.2 Å². The average molecular weight is 348 g/mol. The zero-order valence-corrected chi connectivity index (χ0v) is 13.6. The van der Waals surface area contributed by atoms with E-state index in [1.54, 1.807) is 24.3 Å². The monoisotopic (exact) mass is 348 g/mol. The highest BCUT2D eigenvalue weighted by molar-refractivity contribution is 7.85. The van der Waals surface area contributed by atoms with Gasteiger partial charge in [0.25, 0.3) is 5.91 Å². The van der Waals surface area contributed by atoms with Gasteiger partial charge in [-0.3, -0.25) is 13.8 Å². The van der Waals surface area contributed by atoms with Gasteiger partial charge >= 0.3 is 0 Å². The molecule has 126 valence electrons. The molecule has 0 saturated heterocycles. The third kappa shape index (κ3) is 4.99. The van der Waals surface area contributed by atoms with Gasteiger partial charge in [-0.2, -0.15) is 0 Å². The van der Waals surface area contributed by atoms with Crippen molar-refractivity contribution in [3.8, 4) is 0 Å². The third-order valence-electron chi connectivity index (χ3n) is 3.33. The van der Waals surface area contributed by atoms with Gasteiger partial charge in [-0.1, -0.05) is 24.3 Å². The molecule has 0 bridgehead atoms. The van der Waals surface area contributed by atoms with E-state index in [9.17, 15) is 18.2 Å². The number of halogens is 1. The van der Waals surface area contributed by atoms with Gasteiger partial charge in [0.15, 0.2) is 0 Å². The maximum absolute atomic E-state index is 13.2. The van der Waals surface area contributed by atoms with Gasteiger partial charge < -0.3 is 11.1 Å². The van der Waals surface area contributed by atoms with Crippen LogP contribution in [0.15, 0.2) is 59.5 Å². The van der Waals surface area contributed by atoms with Crippen molar-refractivity contribution in [1.82, 2.24) is 5.32 Å². The van der Waals surface area contributed by atoms with Crippen LogP contribution in [0, 0.1) is 5.82 Å². The summed E-state index contributed by atoms with van der Waals surface area (Å²) in [5.74, 6) is -1.72. The fourth-order valence-corrected chi connectivity index (χ4v) is 3.22. The first-order valence-electron chi connectivity index (χ1n) is 7.26. The van der Waals surface area contributed by atoms with Gasteiger partial charge in [0.1, 0.15) is 11.9 Å². The molecule has 2 amide bonds. The maximum Gasteiger partial charge on any atom is 0.252 e. The summed E-state index contributed by atoms with van der Waals surface area (Å²) in [6.07, 6.45) is 0.123. The molecule has 24 heavy (non-hydrogen) atoms. The molecule has 0 spiro atoms. The lowest BCUT2D eigenvalue weighted by Crippen LogP contribution is -2.45. The van der Waals surface area contributed by atoms with Gasteiger partial charge in [0.05, 0.1) is 10.8 Å². The van der Waals surface area contributed by atoms with Crippen molar-refractivity contribution in [3.05, 3.63) is 66.0 Å². The second kappa shape index (κ2) is 8.35. The summed E-state index contributed by atoms with van der Waals surface area (Å²) in [6.45, 7) is 0. The molecule has 0 fully saturated rings. The number of hydrogen-bond acceptors (Lipinski definition) is 3. The van der Waals surface area contributed by atoms with E-state index in [1.165, 1.54) is 18.2 Å². The fourth-order valence-electron chi connectivity index (χ4n) is 2.07. The highest BCUT2D eigenvalue weighted by Crippen LogP contribution is 2.09. The molecular weight excluding hydrogens is 331 g/mol. The Labute approximate surface area is 141 Å². The van der Waals surface area contributed by atoms with Gasteiger partial charge in [-0.05, 0) is 36.8 Å². The van der Waals surface area contributed by atoms with Crippen LogP contribution in [0.2, 0.25) is 0 Å². The summed E-state index contributed by atoms with van der Waals surface area (Å²) in [4.78, 5) is 24.2. The van der Waals surface area contributed by atoms with E-state index in [4.69, 9.17) is 5.73 Å². The summed E-state index contributed by atoms with van der Waals surface area (Å²) in [6, 6.07) is 12.9. The molecule has 2 aromatic carbocycles. The van der Waals surface area contributed by atoms with E-state index in [0.29, 0.717) is 4.90 Å². The maximum atomic E-state index is 13.2. The summed E-state index contributed by atoms with van der Waals surface area (Å²) < 4.78 is 25.3. The second-order valence-corrected chi connectivity index (χ2v) is 6.66. The zero-order chi connectivity index (χ0) is 17.5. The molecule has 0 aliphatic rings. The Morgan fingerprint density at radius 1 is 1.12 bits per heavy atom. The molecule has 7 heteroatoms. The molecule has 2 atom stereocenters. The Hall–Kier alpha value is -2.54. The van der Waals surface area contributed by atoms with E-state index in [0.717, 1.165) is 6.07 Å². The van der Waals surface area contributed by atoms with E-state index >= 15 is 0 Å². The van der Waals surface area contributed by atoms with E-state index < -0.39 is 34.5 Å². The van der Waals surface area contributed by atoms with Gasteiger partial charge in [-0.15, -0.1) is 0 Å². The number of benzene rings is 2. The molecule has 2 rings (SSSR count). The van der Waals surface area contributed by atoms with Crippen molar-refractivity contribution >= 4 is 22.6 Å². The van der Waals surface area contributed by atoms with E-state index in [-0.39, 0.29) is 17.7 Å². The Balaban J connectivity index is 1.98. The number of rotatable bonds is 7. The molecule has 0 saturated carbocycles. The number of nitrogens with two attached hydrogens (primary N) is 1. The summed E-state index contributed by atoms with van der Waals surface area (Å²) >= 11 is 0. The molecular formula is C17H17FN2O3S. The number of primary amides is 1. The van der Waals surface area contributed by atoms with Crippen molar-refractivity contribution in [1.29, 1.82) is 0 Å². The number of hydrogen-bond donors (Lipinski definition) is 2. The standard InChI is InChI=1S/C17H17FN2O3S/c18-13-6-4-5-12(11-13)17(22)20-15(16(19)21)9-10-24(23)14-7-2-1-3-8-14/h1-8,11,15H,9-10H2,(H2,19,21)(H,20,22)/t15-,24+/m0/s1. The fraction of sp³-hybridized carbons (Fsp3) is 0.176. The van der Waals surface area contributed by atoms with Crippen LogP contribution in [0.4, 0.5) is 4.39 Å². The Morgan fingerprint density at radius 2 is 1.83 bits per heavy atom. The highest BCUT2D eigenvalue weighted by Gasteiger charge is 2.20. The van der Waals surface area contributed by atoms with Crippen LogP contribution < -0.4 is 11.1 Å². The molecule has 2 aromatic rings. The number of nitrogens with one attached hydrogen (secondary N) is 1. The van der Waals surface area contributed by atoms with Crippen LogP contribution >= 0.6 is 0 Å². The van der Waals surface area contributed by atoms with Crippen LogP contribution in [0.5, 0.6) is 0 Å². The van der Waals surface area contributed by atoms with Crippen LogP contribution in [0.1, 0.15) is 16.8 Å². The molecule has 0 aliphatic heterocycles. The predicted octanol–water partition coefficient (Wildman–Crippen LogP) is 1.61. The van der Waals surface area contributed by atoms with Crippen LogP contribution in [0.3, 0.4) is 0 Å². The topological polar surface area (TPSA) is 89.3 Å². The van der Waals surface area contributed by atoms with E-state index in [2.05, 4.69) is 5.32 Å². The van der Waals surface area contributed by atoms with E-state index in [1.807, 2.05) is 6.07 Å². The predicted molar refractivity (Wildman–Crippen MR) is 89.2 cm³/mol. The Kier molecular flexibility index (Phi) is 6.20. The van der Waals surface area contributed by atoms with Crippen LogP contribution in [-0.2, 0) is 15.6 Å². The Morgan fingerprint density at radius 3 is 2.46 bits per heavy atom. The first kappa shape index (κ1) is 17.8. The minimum Gasteiger partial charge on any atom is -0.368 e. The minimum absolute atomic E-state index is 0.0884. The van der Waals surface area contributed by atoms with Crippen molar-refractivity contribution in [2.45, 2.75) is 17.4 Å². The Bertz CT molecular complexity index is 753. The molecule has 5 nitrogen and oxygen atoms in total. The molecule has 3 N–H and O–H groups in total. The summed E-state index contributed by atoms with van der Waals surface area (Å²) in [7, 11) is -1.30. The number of amides is 2. The smallest absolute Gasteiger partial charge is 0.252 e. The number of carbonyl (C=O) groups excluding carboxylic acids is 2. The lowest BCUT2D eigenvalue weighted by molar-refractivity contribution is -0.119. The van der Waals surface area contributed by atoms with Gasteiger partial charge in [0.2, 0.25) is 5.91 Å². The highest BCUT2D eigenvalue weighted by atomic mass is 32.2. The van der Waals surface area contributed by atoms with Crippen molar-refractivity contribution in [3.63, 3.8) is 0 Å². The second-order valence-electron chi connectivity index (χ2n) is 5.09. The molecule has 0 aromatic heterocycles. The van der Waals surface area contributed by atoms with Crippen molar-refractivity contribution < 1.29 is 18.2 Å². The third-order valence-corrected chi connectivity index (χ3v) is 4.74.